The highest BCUT2D eigenvalue weighted by Gasteiger charge is 2.46. The number of sulfonamides is 2. The van der Waals surface area contributed by atoms with E-state index in [9.17, 15) is 26.7 Å². The molecule has 5 rings (SSSR count). The number of fused-ring (bicyclic) bond motifs is 2. The number of benzene rings is 3. The van der Waals surface area contributed by atoms with Crippen molar-refractivity contribution in [2.45, 2.75) is 36.5 Å². The molecule has 0 saturated carbocycles. The van der Waals surface area contributed by atoms with E-state index >= 15 is 0 Å². The Morgan fingerprint density at radius 3 is 2.44 bits per heavy atom. The van der Waals surface area contributed by atoms with E-state index in [1.807, 2.05) is 30.3 Å². The zero-order valence-electron chi connectivity index (χ0n) is 21.3. The molecule has 39 heavy (non-hydrogen) atoms. The maximum Gasteiger partial charge on any atom is 0.286 e. The fourth-order valence-electron chi connectivity index (χ4n) is 5.11. The Labute approximate surface area is 227 Å². The molecule has 1 heterocycles. The maximum atomic E-state index is 14.1. The number of carbonyl (C=O) groups excluding carboxylic acids is 1. The molecule has 9 nitrogen and oxygen atoms in total. The Morgan fingerprint density at radius 2 is 1.72 bits per heavy atom. The Balaban J connectivity index is 1.54. The van der Waals surface area contributed by atoms with Gasteiger partial charge in [0.25, 0.3) is 10.0 Å². The van der Waals surface area contributed by atoms with E-state index < -0.39 is 31.2 Å². The van der Waals surface area contributed by atoms with Gasteiger partial charge in [-0.05, 0) is 55.5 Å². The maximum absolute atomic E-state index is 14.1. The summed E-state index contributed by atoms with van der Waals surface area (Å²) in [5.41, 5.74) is 1.17. The molecule has 11 heteroatoms. The van der Waals surface area contributed by atoms with E-state index in [0.29, 0.717) is 24.0 Å². The lowest BCUT2D eigenvalue weighted by Crippen LogP contribution is -2.42. The van der Waals surface area contributed by atoms with E-state index in [1.54, 1.807) is 31.2 Å². The van der Waals surface area contributed by atoms with Crippen molar-refractivity contribution >= 4 is 48.8 Å². The lowest BCUT2D eigenvalue weighted by molar-refractivity contribution is -0.120. The van der Waals surface area contributed by atoms with Gasteiger partial charge in [-0.25, -0.2) is 8.42 Å². The smallest absolute Gasteiger partial charge is 0.286 e. The first-order chi connectivity index (χ1) is 18.4. The Morgan fingerprint density at radius 1 is 1.03 bits per heavy atom. The van der Waals surface area contributed by atoms with Crippen LogP contribution in [0.3, 0.4) is 0 Å². The Hall–Kier alpha value is -3.96. The molecule has 1 atom stereocenters. The van der Waals surface area contributed by atoms with Gasteiger partial charge in [-0.3, -0.25) is 9.52 Å². The number of carbonyl (C=O) groups is 1. The lowest BCUT2D eigenvalue weighted by atomic mass is 9.67. The number of aliphatic hydroxyl groups excluding tert-OH is 1. The highest BCUT2D eigenvalue weighted by atomic mass is 32.2. The van der Waals surface area contributed by atoms with Gasteiger partial charge in [0.05, 0.1) is 17.4 Å². The molecule has 1 aliphatic heterocycles. The molecule has 1 unspecified atom stereocenters. The monoisotopic (exact) mass is 565 g/mol. The van der Waals surface area contributed by atoms with Crippen molar-refractivity contribution in [2.75, 3.05) is 16.3 Å². The molecule has 0 fully saturated rings. The number of amidine groups is 1. The molecule has 3 aromatic carbocycles. The topological polar surface area (TPSA) is 142 Å². The molecule has 0 radical (unpaired) electrons. The number of rotatable bonds is 7. The SMILES string of the molecule is CC1(CCCc2ccccc2)C(=O)C(C2=NS(=O)(=O)c3cc(NS(C)(=O)=O)ccc3N2)=C(O)c2ccccc21. The second-order valence-corrected chi connectivity index (χ2v) is 13.2. The molecule has 3 N–H and O–H groups in total. The van der Waals surface area contributed by atoms with Gasteiger partial charge in [0.2, 0.25) is 10.0 Å². The van der Waals surface area contributed by atoms with E-state index in [2.05, 4.69) is 14.4 Å². The summed E-state index contributed by atoms with van der Waals surface area (Å²) in [4.78, 5) is 13.8. The number of Topliss-reactive ketones (excluding diaryl/α,β-unsaturated/α-hetero) is 1. The van der Waals surface area contributed by atoms with Crippen LogP contribution in [0, 0.1) is 0 Å². The largest absolute Gasteiger partial charge is 0.506 e. The highest BCUT2D eigenvalue weighted by molar-refractivity contribution is 7.92. The van der Waals surface area contributed by atoms with Gasteiger partial charge in [-0.2, -0.15) is 8.42 Å². The second kappa shape index (κ2) is 9.65. The van der Waals surface area contributed by atoms with Crippen LogP contribution in [0.4, 0.5) is 11.4 Å². The minimum absolute atomic E-state index is 0.0519. The van der Waals surface area contributed by atoms with Gasteiger partial charge in [0.1, 0.15) is 16.2 Å². The van der Waals surface area contributed by atoms with Crippen molar-refractivity contribution in [3.63, 3.8) is 0 Å². The summed E-state index contributed by atoms with van der Waals surface area (Å²) in [6.45, 7) is 1.81. The van der Waals surface area contributed by atoms with Gasteiger partial charge >= 0.3 is 0 Å². The third-order valence-corrected chi connectivity index (χ3v) is 8.91. The first kappa shape index (κ1) is 26.6. The summed E-state index contributed by atoms with van der Waals surface area (Å²) in [5.74, 6) is -1.07. The molecule has 3 aromatic rings. The average Bonchev–Trinajstić information content (AvgIpc) is 2.88. The van der Waals surface area contributed by atoms with Crippen LogP contribution in [0.5, 0.6) is 0 Å². The van der Waals surface area contributed by atoms with Crippen molar-refractivity contribution in [1.82, 2.24) is 0 Å². The molecule has 0 saturated heterocycles. The first-order valence-corrected chi connectivity index (χ1v) is 15.6. The van der Waals surface area contributed by atoms with Crippen molar-refractivity contribution in [3.05, 3.63) is 95.1 Å². The number of ketones is 1. The van der Waals surface area contributed by atoms with E-state index in [1.165, 1.54) is 12.1 Å². The predicted molar refractivity (Wildman–Crippen MR) is 151 cm³/mol. The summed E-state index contributed by atoms with van der Waals surface area (Å²) in [6, 6.07) is 20.9. The molecule has 0 amide bonds. The van der Waals surface area contributed by atoms with Crippen LogP contribution >= 0.6 is 0 Å². The first-order valence-electron chi connectivity index (χ1n) is 12.3. The number of aliphatic hydroxyl groups is 1. The summed E-state index contributed by atoms with van der Waals surface area (Å²) in [7, 11) is -7.98. The van der Waals surface area contributed by atoms with Crippen molar-refractivity contribution < 1.29 is 26.7 Å². The van der Waals surface area contributed by atoms with E-state index in [4.69, 9.17) is 0 Å². The highest BCUT2D eigenvalue weighted by Crippen LogP contribution is 2.44. The van der Waals surface area contributed by atoms with Crippen molar-refractivity contribution in [2.24, 2.45) is 4.40 Å². The van der Waals surface area contributed by atoms with Crippen LogP contribution in [0.25, 0.3) is 5.76 Å². The summed E-state index contributed by atoms with van der Waals surface area (Å²) in [6.07, 6.45) is 2.85. The minimum atomic E-state index is -4.34. The molecule has 0 spiro atoms. The Kier molecular flexibility index (Phi) is 6.59. The van der Waals surface area contributed by atoms with Crippen LogP contribution in [-0.4, -0.2) is 39.8 Å². The zero-order valence-corrected chi connectivity index (χ0v) is 22.9. The number of hydrogen-bond donors (Lipinski definition) is 3. The predicted octanol–water partition coefficient (Wildman–Crippen LogP) is 4.40. The van der Waals surface area contributed by atoms with Crippen LogP contribution in [0.2, 0.25) is 0 Å². The third kappa shape index (κ3) is 5.07. The Bertz CT molecular complexity index is 1760. The molecule has 1 aliphatic carbocycles. The molecular formula is C28H27N3O6S2. The number of anilines is 2. The minimum Gasteiger partial charge on any atom is -0.506 e. The molecule has 0 aromatic heterocycles. The molecule has 2 aliphatic rings. The fourth-order valence-corrected chi connectivity index (χ4v) is 6.82. The van der Waals surface area contributed by atoms with Crippen molar-refractivity contribution in [1.29, 1.82) is 0 Å². The van der Waals surface area contributed by atoms with Crippen molar-refractivity contribution in [3.8, 4) is 0 Å². The zero-order chi connectivity index (χ0) is 28.0. The third-order valence-electron chi connectivity index (χ3n) is 6.99. The van der Waals surface area contributed by atoms with E-state index in [0.717, 1.165) is 24.3 Å². The van der Waals surface area contributed by atoms with Gasteiger partial charge < -0.3 is 10.4 Å². The van der Waals surface area contributed by atoms with Crippen LogP contribution in [0.15, 0.2) is 87.7 Å². The van der Waals surface area contributed by atoms with Gasteiger partial charge in [0.15, 0.2) is 11.6 Å². The van der Waals surface area contributed by atoms with Gasteiger partial charge in [-0.15, -0.1) is 4.40 Å². The van der Waals surface area contributed by atoms with Gasteiger partial charge in [-0.1, -0.05) is 54.6 Å². The number of nitrogens with zero attached hydrogens (tertiary/aromatic N) is 1. The van der Waals surface area contributed by atoms with Crippen LogP contribution < -0.4 is 10.0 Å². The fraction of sp³-hybridized carbons (Fsp3) is 0.214. The number of hydrogen-bond acceptors (Lipinski definition) is 7. The molecular weight excluding hydrogens is 538 g/mol. The lowest BCUT2D eigenvalue weighted by Gasteiger charge is -2.36. The summed E-state index contributed by atoms with van der Waals surface area (Å²) < 4.78 is 55.6. The van der Waals surface area contributed by atoms with Crippen LogP contribution in [0.1, 0.15) is 36.5 Å². The number of aryl methyl sites for hydroxylation is 1. The second-order valence-electron chi connectivity index (χ2n) is 9.89. The normalized spacial score (nSPS) is 19.9. The summed E-state index contributed by atoms with van der Waals surface area (Å²) in [5, 5.41) is 14.1. The quantitative estimate of drug-likeness (QED) is 0.385. The average molecular weight is 566 g/mol. The molecule has 202 valence electrons. The van der Waals surface area contributed by atoms with Gasteiger partial charge in [0, 0.05) is 11.3 Å². The van der Waals surface area contributed by atoms with Crippen LogP contribution in [-0.2, 0) is 36.7 Å². The number of nitrogens with one attached hydrogen (secondary N) is 2. The van der Waals surface area contributed by atoms with E-state index in [-0.39, 0.29) is 33.4 Å². The molecule has 0 bridgehead atoms. The standard InChI is InChI=1S/C28H27N3O6S2/c1-28(16-8-11-18-9-4-3-5-10-18)21-13-7-6-12-20(21)25(32)24(26(28)33)27-29-22-15-14-19(30-38(2,34)35)17-23(22)39(36,37)31-27/h3-7,9-10,12-15,17,30,32H,8,11,16H2,1-2H3,(H,29,31). The summed E-state index contributed by atoms with van der Waals surface area (Å²) >= 11 is 0.